The van der Waals surface area contributed by atoms with Crippen molar-refractivity contribution in [2.24, 2.45) is 16.7 Å². The van der Waals surface area contributed by atoms with E-state index in [1.165, 1.54) is 6.07 Å². The number of piperidine rings is 2. The average Bonchev–Trinajstić information content (AvgIpc) is 3.49. The largest absolute Gasteiger partial charge is 0.488 e. The van der Waals surface area contributed by atoms with Crippen LogP contribution in [0.2, 0.25) is 0 Å². The van der Waals surface area contributed by atoms with Crippen molar-refractivity contribution in [1.29, 1.82) is 10.5 Å². The molecule has 0 aromatic heterocycles. The molecule has 0 radical (unpaired) electrons. The molecule has 5 aliphatic rings. The zero-order valence-corrected chi connectivity index (χ0v) is 34.5. The Morgan fingerprint density at radius 2 is 1.43 bits per heavy atom. The van der Waals surface area contributed by atoms with E-state index in [0.29, 0.717) is 33.9 Å². The van der Waals surface area contributed by atoms with Crippen LogP contribution in [0.25, 0.3) is 0 Å². The summed E-state index contributed by atoms with van der Waals surface area (Å²) >= 11 is 0. The number of hydrogen-bond acceptors (Lipinski definition) is 11. The number of anilines is 2. The van der Waals surface area contributed by atoms with Crippen LogP contribution in [-0.4, -0.2) is 103 Å². The molecule has 2 N–H and O–H groups in total. The number of nitrogens with one attached hydrogen (secondary N) is 2. The Labute approximate surface area is 350 Å². The molecule has 14 nitrogen and oxygen atoms in total. The lowest BCUT2D eigenvalue weighted by atomic mass is 9.49. The van der Waals surface area contributed by atoms with E-state index in [0.717, 1.165) is 74.9 Å². The second-order valence-electron chi connectivity index (χ2n) is 17.9. The van der Waals surface area contributed by atoms with Crippen molar-refractivity contribution < 1.29 is 28.7 Å². The Morgan fingerprint density at radius 1 is 0.783 bits per heavy atom. The molecule has 4 heterocycles. The predicted molar refractivity (Wildman–Crippen MR) is 222 cm³/mol. The molecule has 0 bridgehead atoms. The molecule has 14 heteroatoms. The van der Waals surface area contributed by atoms with Crippen molar-refractivity contribution in [3.63, 3.8) is 0 Å². The number of imide groups is 2. The van der Waals surface area contributed by atoms with Gasteiger partial charge in [-0.2, -0.15) is 10.5 Å². The SMILES string of the molecule is CC1(C)C(NC(=O)c2ccc(N3CCC(CN4CCN(c5ccc6c(c5)C(=O)N(C5CCC(=O)NC5=O)C6=O)CC4)CC3)cc2)C(C)(C)C1Oc1ccc(C#N)cc1C#N. The van der Waals surface area contributed by atoms with Gasteiger partial charge in [0.1, 0.15) is 24.0 Å². The first kappa shape index (κ1) is 40.5. The molecular formula is C46H50N8O6. The topological polar surface area (TPSA) is 179 Å². The van der Waals surface area contributed by atoms with Crippen LogP contribution in [0.15, 0.2) is 60.7 Å². The van der Waals surface area contributed by atoms with E-state index in [4.69, 9.17) is 4.74 Å². The van der Waals surface area contributed by atoms with Gasteiger partial charge in [0.2, 0.25) is 11.8 Å². The molecule has 1 unspecified atom stereocenters. The molecule has 8 rings (SSSR count). The van der Waals surface area contributed by atoms with Gasteiger partial charge in [0, 0.05) is 86.0 Å². The summed E-state index contributed by atoms with van der Waals surface area (Å²) in [6.07, 6.45) is 2.09. The van der Waals surface area contributed by atoms with E-state index in [1.54, 1.807) is 24.3 Å². The number of hydrogen-bond donors (Lipinski definition) is 2. The Morgan fingerprint density at radius 3 is 2.08 bits per heavy atom. The fourth-order valence-corrected chi connectivity index (χ4v) is 10.3. The molecule has 310 valence electrons. The fourth-order valence-electron chi connectivity index (χ4n) is 10.3. The maximum atomic E-state index is 13.5. The van der Waals surface area contributed by atoms with E-state index >= 15 is 0 Å². The van der Waals surface area contributed by atoms with Crippen LogP contribution in [0.1, 0.15) is 95.6 Å². The molecule has 4 fully saturated rings. The lowest BCUT2D eigenvalue weighted by molar-refractivity contribution is -0.164. The van der Waals surface area contributed by atoms with E-state index in [9.17, 15) is 34.5 Å². The van der Waals surface area contributed by atoms with E-state index in [1.807, 2.05) is 30.3 Å². The Balaban J connectivity index is 0.794. The summed E-state index contributed by atoms with van der Waals surface area (Å²) in [4.78, 5) is 72.2. The van der Waals surface area contributed by atoms with Gasteiger partial charge in [-0.25, -0.2) is 0 Å². The number of carbonyl (C=O) groups is 5. The van der Waals surface area contributed by atoms with Gasteiger partial charge < -0.3 is 19.9 Å². The number of fused-ring (bicyclic) bond motifs is 1. The van der Waals surface area contributed by atoms with Gasteiger partial charge >= 0.3 is 0 Å². The number of ether oxygens (including phenoxy) is 1. The highest BCUT2D eigenvalue weighted by molar-refractivity contribution is 6.23. The van der Waals surface area contributed by atoms with Crippen molar-refractivity contribution >= 4 is 40.9 Å². The summed E-state index contributed by atoms with van der Waals surface area (Å²) < 4.78 is 6.39. The van der Waals surface area contributed by atoms with Gasteiger partial charge in [0.15, 0.2) is 0 Å². The van der Waals surface area contributed by atoms with Gasteiger partial charge in [0.25, 0.3) is 17.7 Å². The summed E-state index contributed by atoms with van der Waals surface area (Å²) in [5.41, 5.74) is 3.03. The van der Waals surface area contributed by atoms with E-state index in [-0.39, 0.29) is 36.5 Å². The lowest BCUT2D eigenvalue weighted by Gasteiger charge is -2.63. The monoisotopic (exact) mass is 810 g/mol. The molecule has 1 aliphatic carbocycles. The predicted octanol–water partition coefficient (Wildman–Crippen LogP) is 4.48. The number of benzene rings is 3. The first-order chi connectivity index (χ1) is 28.7. The van der Waals surface area contributed by atoms with Crippen LogP contribution in [-0.2, 0) is 9.59 Å². The number of amides is 5. The van der Waals surface area contributed by atoms with E-state index < -0.39 is 40.5 Å². The van der Waals surface area contributed by atoms with E-state index in [2.05, 4.69) is 65.2 Å². The highest BCUT2D eigenvalue weighted by Crippen LogP contribution is 2.55. The van der Waals surface area contributed by atoms with Crippen LogP contribution in [0.4, 0.5) is 11.4 Å². The highest BCUT2D eigenvalue weighted by Gasteiger charge is 2.64. The third-order valence-electron chi connectivity index (χ3n) is 13.4. The molecule has 3 aromatic carbocycles. The van der Waals surface area contributed by atoms with Crippen LogP contribution < -0.4 is 25.2 Å². The minimum atomic E-state index is -0.979. The van der Waals surface area contributed by atoms with Crippen molar-refractivity contribution in [1.82, 2.24) is 20.4 Å². The molecule has 5 amide bonds. The Kier molecular flexibility index (Phi) is 10.6. The number of carbonyl (C=O) groups excluding carboxylic acids is 5. The quantitative estimate of drug-likeness (QED) is 0.291. The van der Waals surface area contributed by atoms with Gasteiger partial charge in [0.05, 0.1) is 28.3 Å². The third-order valence-corrected chi connectivity index (χ3v) is 13.4. The third kappa shape index (κ3) is 7.34. The lowest BCUT2D eigenvalue weighted by Crippen LogP contribution is -2.74. The van der Waals surface area contributed by atoms with Crippen LogP contribution in [0.3, 0.4) is 0 Å². The molecule has 3 aromatic rings. The minimum absolute atomic E-state index is 0.0871. The Hall–Kier alpha value is -6.25. The molecule has 0 spiro atoms. The van der Waals surface area contributed by atoms with Crippen molar-refractivity contribution in [2.75, 3.05) is 55.6 Å². The zero-order chi connectivity index (χ0) is 42.5. The molecule has 1 atom stereocenters. The smallest absolute Gasteiger partial charge is 0.262 e. The van der Waals surface area contributed by atoms with Gasteiger partial charge in [-0.15, -0.1) is 0 Å². The van der Waals surface area contributed by atoms with Gasteiger partial charge in [-0.1, -0.05) is 27.7 Å². The molecule has 60 heavy (non-hydrogen) atoms. The van der Waals surface area contributed by atoms with Crippen LogP contribution >= 0.6 is 0 Å². The van der Waals surface area contributed by atoms with Crippen LogP contribution in [0.5, 0.6) is 5.75 Å². The fraction of sp³-hybridized carbons (Fsp3) is 0.457. The zero-order valence-electron chi connectivity index (χ0n) is 34.5. The minimum Gasteiger partial charge on any atom is -0.488 e. The Bertz CT molecular complexity index is 2310. The normalized spacial score (nSPS) is 23.9. The summed E-state index contributed by atoms with van der Waals surface area (Å²) in [6, 6.07) is 21.0. The highest BCUT2D eigenvalue weighted by atomic mass is 16.5. The second kappa shape index (κ2) is 15.7. The average molecular weight is 811 g/mol. The first-order valence-electron chi connectivity index (χ1n) is 20.8. The second-order valence-corrected chi connectivity index (χ2v) is 17.9. The van der Waals surface area contributed by atoms with Crippen LogP contribution in [0, 0.1) is 39.4 Å². The first-order valence-corrected chi connectivity index (χ1v) is 20.8. The molecule has 4 aliphatic heterocycles. The number of nitriles is 2. The summed E-state index contributed by atoms with van der Waals surface area (Å²) in [5, 5.41) is 24.4. The standard InChI is InChI=1S/C46H50N8O6/c1-45(2)43(46(3,4)44(45)60-37-13-5-29(25-47)23-31(37)26-48)50-39(56)30-6-8-32(9-7-30)52-17-15-28(16-18-52)27-51-19-21-53(22-20-51)33-10-11-34-35(24-33)42(59)54(41(34)58)36-12-14-38(55)49-40(36)57/h5-11,13,23-24,28,36,43-44H,12,14-22,27H2,1-4H3,(H,50,56)(H,49,55,57). The summed E-state index contributed by atoms with van der Waals surface area (Å²) in [5.74, 6) is -1.13. The molecular weight excluding hydrogens is 761 g/mol. The maximum absolute atomic E-state index is 13.5. The number of piperazine rings is 1. The van der Waals surface area contributed by atoms with Gasteiger partial charge in [-0.3, -0.25) is 39.1 Å². The summed E-state index contributed by atoms with van der Waals surface area (Å²) in [7, 11) is 0. The number of rotatable bonds is 9. The molecule has 3 saturated heterocycles. The maximum Gasteiger partial charge on any atom is 0.262 e. The number of nitrogens with zero attached hydrogens (tertiary/aromatic N) is 6. The van der Waals surface area contributed by atoms with Crippen molar-refractivity contribution in [3.05, 3.63) is 88.5 Å². The van der Waals surface area contributed by atoms with Gasteiger partial charge in [-0.05, 0) is 85.8 Å². The summed E-state index contributed by atoms with van der Waals surface area (Å²) in [6.45, 7) is 14.5. The van der Waals surface area contributed by atoms with Crippen molar-refractivity contribution in [2.45, 2.75) is 71.6 Å². The van der Waals surface area contributed by atoms with Crippen molar-refractivity contribution in [3.8, 4) is 17.9 Å². The molecule has 1 saturated carbocycles.